The Bertz CT molecular complexity index is 2470. The normalized spacial score (nSPS) is 13.5. The average Bonchev–Trinajstić information content (AvgIpc) is 3.97. The molecule has 0 radical (unpaired) electrons. The minimum Gasteiger partial charge on any atom is -0.491 e. The highest BCUT2D eigenvalue weighted by Gasteiger charge is 2.23. The van der Waals surface area contributed by atoms with Crippen molar-refractivity contribution in [3.8, 4) is 5.75 Å². The van der Waals surface area contributed by atoms with E-state index in [4.69, 9.17) is 30.0 Å². The summed E-state index contributed by atoms with van der Waals surface area (Å²) in [5.74, 6) is -2.00. The van der Waals surface area contributed by atoms with Gasteiger partial charge in [-0.25, -0.2) is 15.0 Å². The van der Waals surface area contributed by atoms with Gasteiger partial charge in [0.05, 0.1) is 42.3 Å². The highest BCUT2D eigenvalue weighted by Crippen LogP contribution is 2.32. The van der Waals surface area contributed by atoms with Crippen LogP contribution in [0.5, 0.6) is 5.75 Å². The first kappa shape index (κ1) is 37.4. The fraction of sp³-hybridized carbons (Fsp3) is 0.306. The van der Waals surface area contributed by atoms with Crippen LogP contribution < -0.4 is 26.8 Å². The molecule has 6 N–H and O–H groups in total. The van der Waals surface area contributed by atoms with Crippen molar-refractivity contribution in [1.29, 1.82) is 0 Å². The van der Waals surface area contributed by atoms with Crippen molar-refractivity contribution < 1.29 is 37.7 Å². The first-order valence-corrected chi connectivity index (χ1v) is 17.6. The Morgan fingerprint density at radius 1 is 0.804 bits per heavy atom. The van der Waals surface area contributed by atoms with E-state index >= 15 is 0 Å². The molecular formula is C36H38N12O8. The number of aromatic nitrogens is 7. The summed E-state index contributed by atoms with van der Waals surface area (Å²) >= 11 is 0. The second-order valence-electron chi connectivity index (χ2n) is 12.9. The number of imidazole rings is 2. The van der Waals surface area contributed by atoms with E-state index in [1.807, 2.05) is 0 Å². The molecule has 1 saturated heterocycles. The Balaban J connectivity index is 1.20. The molecule has 56 heavy (non-hydrogen) atoms. The lowest BCUT2D eigenvalue weighted by molar-refractivity contribution is 0.0358. The van der Waals surface area contributed by atoms with Crippen molar-refractivity contribution in [2.75, 3.05) is 50.1 Å². The van der Waals surface area contributed by atoms with Crippen LogP contribution in [0.1, 0.15) is 59.6 Å². The van der Waals surface area contributed by atoms with Crippen LogP contribution in [0.4, 0.5) is 11.9 Å². The molecule has 20 heteroatoms. The van der Waals surface area contributed by atoms with Gasteiger partial charge in [-0.2, -0.15) is 0 Å². The van der Waals surface area contributed by atoms with Crippen LogP contribution in [-0.2, 0) is 17.8 Å². The smallest absolute Gasteiger partial charge is 0.296 e. The lowest BCUT2D eigenvalue weighted by Gasteiger charge is -2.26. The summed E-state index contributed by atoms with van der Waals surface area (Å²) in [6.45, 7) is 7.82. The van der Waals surface area contributed by atoms with Crippen LogP contribution in [0.15, 0.2) is 57.7 Å². The van der Waals surface area contributed by atoms with Crippen molar-refractivity contribution in [3.05, 3.63) is 82.7 Å². The molecule has 1 aromatic carbocycles. The number of nitrogens with one attached hydrogen (secondary N) is 2. The van der Waals surface area contributed by atoms with Gasteiger partial charge in [0, 0.05) is 56.6 Å². The number of aryl methyl sites for hydroxylation is 2. The van der Waals surface area contributed by atoms with E-state index < -0.39 is 23.6 Å². The van der Waals surface area contributed by atoms with Crippen molar-refractivity contribution in [2.45, 2.75) is 33.4 Å². The first-order valence-electron chi connectivity index (χ1n) is 17.6. The molecule has 4 amide bonds. The summed E-state index contributed by atoms with van der Waals surface area (Å²) in [4.78, 5) is 66.4. The second-order valence-corrected chi connectivity index (χ2v) is 12.9. The molecule has 6 heterocycles. The zero-order valence-corrected chi connectivity index (χ0v) is 30.5. The predicted octanol–water partition coefficient (Wildman–Crippen LogP) is 2.43. The number of morpholine rings is 1. The number of primary amides is 2. The Kier molecular flexibility index (Phi) is 10.8. The number of nitrogens with two attached hydrogens (primary N) is 2. The summed E-state index contributed by atoms with van der Waals surface area (Å²) in [7, 11) is 0. The Morgan fingerprint density at radius 3 is 2.00 bits per heavy atom. The molecule has 7 rings (SSSR count). The lowest BCUT2D eigenvalue weighted by Crippen LogP contribution is -2.37. The number of fused-ring (bicyclic) bond motifs is 2. The molecule has 5 aromatic heterocycles. The molecule has 0 bridgehead atoms. The van der Waals surface area contributed by atoms with Crippen molar-refractivity contribution >= 4 is 57.7 Å². The number of carbonyl (C=O) groups excluding carboxylic acids is 4. The molecule has 290 valence electrons. The van der Waals surface area contributed by atoms with E-state index in [-0.39, 0.29) is 47.6 Å². The van der Waals surface area contributed by atoms with Gasteiger partial charge in [0.2, 0.25) is 35.2 Å². The van der Waals surface area contributed by atoms with Crippen LogP contribution in [0.3, 0.4) is 0 Å². The molecule has 1 aliphatic rings. The molecule has 0 aliphatic carbocycles. The van der Waals surface area contributed by atoms with Crippen LogP contribution in [0.2, 0.25) is 0 Å². The molecule has 0 atom stereocenters. The minimum atomic E-state index is -0.686. The van der Waals surface area contributed by atoms with Gasteiger partial charge in [0.25, 0.3) is 11.8 Å². The summed E-state index contributed by atoms with van der Waals surface area (Å²) in [5, 5.41) is 13.1. The summed E-state index contributed by atoms with van der Waals surface area (Å²) < 4.78 is 25.4. The maximum absolute atomic E-state index is 13.3. The zero-order valence-electron chi connectivity index (χ0n) is 30.5. The monoisotopic (exact) mass is 766 g/mol. The highest BCUT2D eigenvalue weighted by molar-refractivity contribution is 6.04. The number of ether oxygens (including phenoxy) is 2. The van der Waals surface area contributed by atoms with Crippen molar-refractivity contribution in [3.63, 3.8) is 0 Å². The van der Waals surface area contributed by atoms with Crippen LogP contribution >= 0.6 is 0 Å². The maximum Gasteiger partial charge on any atom is 0.296 e. The van der Waals surface area contributed by atoms with Gasteiger partial charge in [0.15, 0.2) is 5.65 Å². The molecule has 0 spiro atoms. The molecule has 1 fully saturated rings. The SMILES string of the molecule is Cc1cc(C(=O)Nc2nc3cc(C(N)=O)cnc3n2CC=CCn2c(NC(=O)c3cc(C)no3)nc3cc(C(N)=O)cc(OCCCN4CCOCC4)c32)on1. The number of benzene rings is 1. The second kappa shape index (κ2) is 16.2. The Hall–Kier alpha value is -6.93. The van der Waals surface area contributed by atoms with Gasteiger partial charge in [-0.05, 0) is 38.5 Å². The third kappa shape index (κ3) is 8.25. The van der Waals surface area contributed by atoms with Gasteiger partial charge < -0.3 is 34.6 Å². The predicted molar refractivity (Wildman–Crippen MR) is 199 cm³/mol. The summed E-state index contributed by atoms with van der Waals surface area (Å²) in [6.07, 6.45) is 5.61. The lowest BCUT2D eigenvalue weighted by atomic mass is 10.1. The Morgan fingerprint density at radius 2 is 1.39 bits per heavy atom. The molecule has 20 nitrogen and oxygen atoms in total. The number of allylic oxidation sites excluding steroid dienone is 2. The van der Waals surface area contributed by atoms with E-state index in [0.29, 0.717) is 65.6 Å². The maximum atomic E-state index is 13.3. The topological polar surface area (TPSA) is 267 Å². The van der Waals surface area contributed by atoms with Gasteiger partial charge in [-0.1, -0.05) is 22.5 Å². The van der Waals surface area contributed by atoms with Crippen LogP contribution in [0.25, 0.3) is 22.2 Å². The van der Waals surface area contributed by atoms with Crippen LogP contribution in [-0.4, -0.2) is 102 Å². The van der Waals surface area contributed by atoms with E-state index in [2.05, 4.69) is 40.8 Å². The number of anilines is 2. The average molecular weight is 767 g/mol. The molecule has 0 unspecified atom stereocenters. The zero-order chi connectivity index (χ0) is 39.3. The Labute approximate surface area is 317 Å². The van der Waals surface area contributed by atoms with Gasteiger partial charge in [-0.15, -0.1) is 0 Å². The number of rotatable bonds is 15. The number of hydrogen-bond acceptors (Lipinski definition) is 14. The minimum absolute atomic E-state index is 0.0249. The van der Waals surface area contributed by atoms with Gasteiger partial charge in [0.1, 0.15) is 16.8 Å². The van der Waals surface area contributed by atoms with Crippen molar-refractivity contribution in [2.24, 2.45) is 11.5 Å². The quantitative estimate of drug-likeness (QED) is 0.0864. The summed E-state index contributed by atoms with van der Waals surface area (Å²) in [5.41, 5.74) is 14.0. The largest absolute Gasteiger partial charge is 0.491 e. The molecule has 6 aromatic rings. The number of carbonyl (C=O) groups is 4. The molecule has 0 saturated carbocycles. The van der Waals surface area contributed by atoms with E-state index in [1.54, 1.807) is 41.2 Å². The highest BCUT2D eigenvalue weighted by atomic mass is 16.5. The third-order valence-electron chi connectivity index (χ3n) is 8.84. The number of nitrogens with zero attached hydrogens (tertiary/aromatic N) is 8. The summed E-state index contributed by atoms with van der Waals surface area (Å²) in [6, 6.07) is 7.54. The molecular weight excluding hydrogens is 728 g/mol. The number of amides is 4. The number of pyridine rings is 1. The standard InChI is InChI=1S/C36H38N12O8/c1-20-14-27(55-44-20)33(51)42-35-40-24-16-22(30(37)49)18-26(54-11-5-6-46-9-12-53-13-10-46)29(24)47(35)7-3-4-8-48-32-25(17-23(19-39-32)31(38)50)41-36(48)43-34(52)28-15-21(2)45-56-28/h3-4,14-19H,5-13H2,1-2H3,(H2,37,49)(H2,38,50)(H,40,42,51)(H,41,43,52). The molecule has 1 aliphatic heterocycles. The third-order valence-corrected chi connectivity index (χ3v) is 8.84. The first-order chi connectivity index (χ1) is 27.0. The van der Waals surface area contributed by atoms with Crippen LogP contribution in [0, 0.1) is 13.8 Å². The number of hydrogen-bond donors (Lipinski definition) is 4. The van der Waals surface area contributed by atoms with Gasteiger partial charge >= 0.3 is 0 Å². The fourth-order valence-corrected chi connectivity index (χ4v) is 6.09. The van der Waals surface area contributed by atoms with E-state index in [1.165, 1.54) is 30.5 Å². The van der Waals surface area contributed by atoms with Gasteiger partial charge in [-0.3, -0.25) is 39.3 Å². The van der Waals surface area contributed by atoms with E-state index in [0.717, 1.165) is 19.6 Å². The fourth-order valence-electron chi connectivity index (χ4n) is 6.09. The van der Waals surface area contributed by atoms with E-state index in [9.17, 15) is 19.2 Å². The van der Waals surface area contributed by atoms with Crippen molar-refractivity contribution in [1.82, 2.24) is 39.3 Å².